The van der Waals surface area contributed by atoms with Gasteiger partial charge in [-0.2, -0.15) is 0 Å². The summed E-state index contributed by atoms with van der Waals surface area (Å²) in [7, 11) is 0. The predicted octanol–water partition coefficient (Wildman–Crippen LogP) is 0.164. The minimum Gasteiger partial charge on any atom is -0.379 e. The van der Waals surface area contributed by atoms with E-state index in [4.69, 9.17) is 14.2 Å². The van der Waals surface area contributed by atoms with Crippen molar-refractivity contribution in [3.8, 4) is 0 Å². The van der Waals surface area contributed by atoms with E-state index in [1.165, 1.54) is 12.2 Å². The van der Waals surface area contributed by atoms with E-state index >= 15 is 0 Å². The van der Waals surface area contributed by atoms with E-state index in [9.17, 15) is 9.59 Å². The molecule has 25 heavy (non-hydrogen) atoms. The van der Waals surface area contributed by atoms with Crippen molar-refractivity contribution in [1.29, 1.82) is 0 Å². The lowest BCUT2D eigenvalue weighted by Gasteiger charge is -2.22. The SMILES string of the molecule is C=CC(=O)CN1CCOCCOCCN(CC(=O)C=C)CCOCC1. The lowest BCUT2D eigenvalue weighted by atomic mass is 10.3. The van der Waals surface area contributed by atoms with Crippen LogP contribution in [0.1, 0.15) is 0 Å². The van der Waals surface area contributed by atoms with Gasteiger partial charge in [0.2, 0.25) is 0 Å². The first kappa shape index (κ1) is 21.7. The molecule has 1 fully saturated rings. The maximum Gasteiger partial charge on any atom is 0.169 e. The molecule has 0 spiro atoms. The van der Waals surface area contributed by atoms with E-state index in [2.05, 4.69) is 13.2 Å². The standard InChI is InChI=1S/C18H30N2O5/c1-3-17(21)15-19-5-9-23-10-6-20(16-18(22)4-2)8-12-25-14-13-24-11-7-19/h3-4H,1-2,5-16H2. The molecule has 1 aliphatic heterocycles. The molecule has 1 saturated heterocycles. The third-order valence-electron chi connectivity index (χ3n) is 3.79. The lowest BCUT2D eigenvalue weighted by Crippen LogP contribution is -2.36. The number of hydrogen-bond acceptors (Lipinski definition) is 7. The highest BCUT2D eigenvalue weighted by Gasteiger charge is 2.11. The smallest absolute Gasteiger partial charge is 0.169 e. The zero-order valence-corrected chi connectivity index (χ0v) is 15.0. The highest BCUT2D eigenvalue weighted by atomic mass is 16.5. The van der Waals surface area contributed by atoms with Gasteiger partial charge in [-0.15, -0.1) is 0 Å². The summed E-state index contributed by atoms with van der Waals surface area (Å²) in [6.45, 7) is 13.4. The van der Waals surface area contributed by atoms with Crippen LogP contribution in [0, 0.1) is 0 Å². The van der Waals surface area contributed by atoms with Gasteiger partial charge in [-0.1, -0.05) is 13.2 Å². The van der Waals surface area contributed by atoms with Crippen LogP contribution in [0.3, 0.4) is 0 Å². The minimum atomic E-state index is -0.0182. The Labute approximate surface area is 150 Å². The third kappa shape index (κ3) is 11.0. The van der Waals surface area contributed by atoms with Crippen LogP contribution in [0.5, 0.6) is 0 Å². The average molecular weight is 354 g/mol. The second-order valence-corrected chi connectivity index (χ2v) is 5.73. The summed E-state index contributed by atoms with van der Waals surface area (Å²) in [6.07, 6.45) is 2.67. The molecule has 142 valence electrons. The first-order valence-electron chi connectivity index (χ1n) is 8.64. The Balaban J connectivity index is 2.49. The molecule has 0 aliphatic carbocycles. The van der Waals surface area contributed by atoms with Crippen molar-refractivity contribution < 1.29 is 23.8 Å². The van der Waals surface area contributed by atoms with Crippen molar-refractivity contribution in [2.75, 3.05) is 78.9 Å². The molecule has 0 bridgehead atoms. The van der Waals surface area contributed by atoms with Gasteiger partial charge >= 0.3 is 0 Å². The number of rotatable bonds is 6. The first-order valence-corrected chi connectivity index (χ1v) is 8.64. The van der Waals surface area contributed by atoms with E-state index in [1.807, 2.05) is 9.80 Å². The molecule has 0 amide bonds. The summed E-state index contributed by atoms with van der Waals surface area (Å²) >= 11 is 0. The summed E-state index contributed by atoms with van der Waals surface area (Å²) in [5.74, 6) is -0.0364. The van der Waals surface area contributed by atoms with Crippen LogP contribution in [-0.2, 0) is 23.8 Å². The number of ketones is 2. The van der Waals surface area contributed by atoms with Gasteiger partial charge < -0.3 is 14.2 Å². The summed E-state index contributed by atoms with van der Waals surface area (Å²) in [5.41, 5.74) is 0. The Morgan fingerprint density at radius 1 is 0.680 bits per heavy atom. The third-order valence-corrected chi connectivity index (χ3v) is 3.79. The van der Waals surface area contributed by atoms with Crippen molar-refractivity contribution in [2.24, 2.45) is 0 Å². The Morgan fingerprint density at radius 2 is 1.00 bits per heavy atom. The Kier molecular flexibility index (Phi) is 12.0. The molecule has 0 saturated carbocycles. The molecule has 1 heterocycles. The second-order valence-electron chi connectivity index (χ2n) is 5.73. The average Bonchev–Trinajstić information content (AvgIpc) is 2.62. The first-order chi connectivity index (χ1) is 12.2. The van der Waals surface area contributed by atoms with Crippen LogP contribution in [0.4, 0.5) is 0 Å². The number of carbonyl (C=O) groups excluding carboxylic acids is 2. The molecule has 0 aromatic carbocycles. The number of ether oxygens (including phenoxy) is 3. The minimum absolute atomic E-state index is 0.0182. The van der Waals surface area contributed by atoms with Crippen molar-refractivity contribution in [1.82, 2.24) is 9.80 Å². The molecule has 1 aliphatic rings. The predicted molar refractivity (Wildman–Crippen MR) is 95.7 cm³/mol. The Hall–Kier alpha value is -1.38. The highest BCUT2D eigenvalue weighted by molar-refractivity contribution is 5.91. The molecular formula is C18H30N2O5. The van der Waals surface area contributed by atoms with Gasteiger partial charge in [0, 0.05) is 26.2 Å². The lowest BCUT2D eigenvalue weighted by molar-refractivity contribution is -0.116. The van der Waals surface area contributed by atoms with Crippen LogP contribution in [0.25, 0.3) is 0 Å². The van der Waals surface area contributed by atoms with Gasteiger partial charge in [0.05, 0.1) is 52.7 Å². The van der Waals surface area contributed by atoms with E-state index in [-0.39, 0.29) is 11.6 Å². The molecule has 0 atom stereocenters. The van der Waals surface area contributed by atoms with Crippen molar-refractivity contribution in [3.63, 3.8) is 0 Å². The zero-order chi connectivity index (χ0) is 18.3. The van der Waals surface area contributed by atoms with Gasteiger partial charge in [0.1, 0.15) is 0 Å². The topological polar surface area (TPSA) is 68.3 Å². The normalized spacial score (nSPS) is 20.2. The molecule has 0 radical (unpaired) electrons. The molecule has 1 rings (SSSR count). The van der Waals surface area contributed by atoms with E-state index < -0.39 is 0 Å². The van der Waals surface area contributed by atoms with Crippen LogP contribution in [0.2, 0.25) is 0 Å². The van der Waals surface area contributed by atoms with Crippen LogP contribution >= 0.6 is 0 Å². The molecule has 0 N–H and O–H groups in total. The monoisotopic (exact) mass is 354 g/mol. The Morgan fingerprint density at radius 3 is 1.32 bits per heavy atom. The van der Waals surface area contributed by atoms with Gasteiger partial charge in [-0.05, 0) is 12.2 Å². The van der Waals surface area contributed by atoms with E-state index in [1.54, 1.807) is 0 Å². The fraction of sp³-hybridized carbons (Fsp3) is 0.667. The fourth-order valence-electron chi connectivity index (χ4n) is 2.31. The molecule has 7 nitrogen and oxygen atoms in total. The molecule has 0 aromatic rings. The van der Waals surface area contributed by atoms with Crippen LogP contribution < -0.4 is 0 Å². The highest BCUT2D eigenvalue weighted by Crippen LogP contribution is 1.96. The molecular weight excluding hydrogens is 324 g/mol. The largest absolute Gasteiger partial charge is 0.379 e. The molecule has 0 aromatic heterocycles. The van der Waals surface area contributed by atoms with Crippen LogP contribution in [-0.4, -0.2) is 100 Å². The van der Waals surface area contributed by atoms with E-state index in [0.717, 1.165) is 0 Å². The molecule has 7 heteroatoms. The summed E-state index contributed by atoms with van der Waals surface area (Å²) in [4.78, 5) is 27.1. The molecule has 0 unspecified atom stereocenters. The Bertz CT molecular complexity index is 390. The second kappa shape index (κ2) is 13.9. The summed E-state index contributed by atoms with van der Waals surface area (Å²) in [6, 6.07) is 0. The van der Waals surface area contributed by atoms with Crippen molar-refractivity contribution >= 4 is 11.6 Å². The quantitative estimate of drug-likeness (QED) is 0.630. The number of hydrogen-bond donors (Lipinski definition) is 0. The fourth-order valence-corrected chi connectivity index (χ4v) is 2.31. The van der Waals surface area contributed by atoms with Crippen molar-refractivity contribution in [2.45, 2.75) is 0 Å². The van der Waals surface area contributed by atoms with Crippen LogP contribution in [0.15, 0.2) is 25.3 Å². The van der Waals surface area contributed by atoms with Gasteiger partial charge in [0.25, 0.3) is 0 Å². The number of carbonyl (C=O) groups is 2. The van der Waals surface area contributed by atoms with E-state index in [0.29, 0.717) is 78.9 Å². The maximum absolute atomic E-state index is 11.6. The van der Waals surface area contributed by atoms with Gasteiger partial charge in [0.15, 0.2) is 11.6 Å². The van der Waals surface area contributed by atoms with Gasteiger partial charge in [-0.25, -0.2) is 0 Å². The summed E-state index contributed by atoms with van der Waals surface area (Å²) in [5, 5.41) is 0. The summed E-state index contributed by atoms with van der Waals surface area (Å²) < 4.78 is 16.7. The number of nitrogens with zero attached hydrogens (tertiary/aromatic N) is 2. The zero-order valence-electron chi connectivity index (χ0n) is 15.0. The van der Waals surface area contributed by atoms with Crippen molar-refractivity contribution in [3.05, 3.63) is 25.3 Å². The maximum atomic E-state index is 11.6. The van der Waals surface area contributed by atoms with Gasteiger partial charge in [-0.3, -0.25) is 19.4 Å².